The molecule has 0 heterocycles. The van der Waals surface area contributed by atoms with Crippen molar-refractivity contribution in [2.75, 3.05) is 6.54 Å². The van der Waals surface area contributed by atoms with Crippen LogP contribution < -0.4 is 10.1 Å². The van der Waals surface area contributed by atoms with Gasteiger partial charge in [0.05, 0.1) is 5.56 Å². The molecule has 0 fully saturated rings. The average molecular weight is 382 g/mol. The first-order valence-electron chi connectivity index (χ1n) is 8.65. The molecule has 0 bridgehead atoms. The van der Waals surface area contributed by atoms with Crippen molar-refractivity contribution in [2.45, 2.75) is 13.0 Å². The summed E-state index contributed by atoms with van der Waals surface area (Å²) in [6.07, 6.45) is 0.609. The summed E-state index contributed by atoms with van der Waals surface area (Å²) in [4.78, 5) is 12.2. The molecular weight excluding hydrogens is 362 g/mol. The first-order chi connectivity index (χ1) is 13.1. The Bertz CT molecular complexity index is 912. The lowest BCUT2D eigenvalue weighted by Gasteiger charge is -2.12. The molecule has 3 aromatic rings. The third kappa shape index (κ3) is 5.25. The first-order valence-corrected chi connectivity index (χ1v) is 9.02. The standard InChI is InChI=1S/C22H20ClNO3/c23-18-10-11-20(25)19(14-18)22(26)24-13-12-17-8-4-5-9-21(17)27-15-16-6-2-1-3-7-16/h1-11,14,25H,12-13,15H2,(H,24,26). The van der Waals surface area contributed by atoms with Gasteiger partial charge in [0.1, 0.15) is 18.1 Å². The van der Waals surface area contributed by atoms with Crippen LogP contribution >= 0.6 is 11.6 Å². The Morgan fingerprint density at radius 3 is 2.56 bits per heavy atom. The lowest BCUT2D eigenvalue weighted by Crippen LogP contribution is -2.25. The van der Waals surface area contributed by atoms with Gasteiger partial charge in [-0.25, -0.2) is 0 Å². The van der Waals surface area contributed by atoms with E-state index in [0.29, 0.717) is 24.6 Å². The lowest BCUT2D eigenvalue weighted by atomic mass is 10.1. The van der Waals surface area contributed by atoms with Crippen molar-refractivity contribution < 1.29 is 14.6 Å². The van der Waals surface area contributed by atoms with Gasteiger partial charge in [0.15, 0.2) is 0 Å². The number of ether oxygens (including phenoxy) is 1. The Kier molecular flexibility index (Phi) is 6.34. The number of nitrogens with one attached hydrogen (secondary N) is 1. The summed E-state index contributed by atoms with van der Waals surface area (Å²) in [7, 11) is 0. The number of carbonyl (C=O) groups is 1. The van der Waals surface area contributed by atoms with Crippen molar-refractivity contribution in [2.24, 2.45) is 0 Å². The molecule has 2 N–H and O–H groups in total. The highest BCUT2D eigenvalue weighted by Gasteiger charge is 2.12. The van der Waals surface area contributed by atoms with Gasteiger partial charge in [0, 0.05) is 11.6 Å². The topological polar surface area (TPSA) is 58.6 Å². The molecule has 0 aliphatic rings. The number of phenols is 1. The van der Waals surface area contributed by atoms with Crippen LogP contribution in [0.15, 0.2) is 72.8 Å². The monoisotopic (exact) mass is 381 g/mol. The molecule has 4 nitrogen and oxygen atoms in total. The third-order valence-corrected chi connectivity index (χ3v) is 4.33. The Morgan fingerprint density at radius 2 is 1.74 bits per heavy atom. The average Bonchev–Trinajstić information content (AvgIpc) is 2.69. The van der Waals surface area contributed by atoms with Gasteiger partial charge in [-0.05, 0) is 41.8 Å². The van der Waals surface area contributed by atoms with Crippen molar-refractivity contribution in [3.8, 4) is 11.5 Å². The number of hydrogen-bond donors (Lipinski definition) is 2. The zero-order chi connectivity index (χ0) is 19.1. The molecule has 0 spiro atoms. The molecule has 3 rings (SSSR count). The van der Waals surface area contributed by atoms with E-state index in [1.807, 2.05) is 54.6 Å². The fraction of sp³-hybridized carbons (Fsp3) is 0.136. The van der Waals surface area contributed by atoms with Crippen molar-refractivity contribution >= 4 is 17.5 Å². The maximum absolute atomic E-state index is 12.2. The van der Waals surface area contributed by atoms with E-state index in [-0.39, 0.29) is 17.2 Å². The number of aromatic hydroxyl groups is 1. The molecule has 0 atom stereocenters. The highest BCUT2D eigenvalue weighted by molar-refractivity contribution is 6.31. The minimum Gasteiger partial charge on any atom is -0.507 e. The molecule has 0 unspecified atom stereocenters. The van der Waals surface area contributed by atoms with Gasteiger partial charge in [0.25, 0.3) is 5.91 Å². The fourth-order valence-electron chi connectivity index (χ4n) is 2.68. The normalized spacial score (nSPS) is 10.4. The molecule has 5 heteroatoms. The number of carbonyl (C=O) groups excluding carboxylic acids is 1. The molecule has 0 saturated heterocycles. The highest BCUT2D eigenvalue weighted by Crippen LogP contribution is 2.22. The Hall–Kier alpha value is -2.98. The maximum Gasteiger partial charge on any atom is 0.255 e. The molecular formula is C22H20ClNO3. The van der Waals surface area contributed by atoms with Gasteiger partial charge in [-0.3, -0.25) is 4.79 Å². The van der Waals surface area contributed by atoms with Gasteiger partial charge in [-0.15, -0.1) is 0 Å². The first kappa shape index (κ1) is 18.8. The van der Waals surface area contributed by atoms with Crippen LogP contribution in [-0.4, -0.2) is 17.6 Å². The summed E-state index contributed by atoms with van der Waals surface area (Å²) in [5.41, 5.74) is 2.26. The number of benzene rings is 3. The highest BCUT2D eigenvalue weighted by atomic mass is 35.5. The molecule has 0 radical (unpaired) electrons. The fourth-order valence-corrected chi connectivity index (χ4v) is 2.85. The summed E-state index contributed by atoms with van der Waals surface area (Å²) in [5, 5.41) is 13.0. The van der Waals surface area contributed by atoms with Gasteiger partial charge in [-0.1, -0.05) is 60.1 Å². The van der Waals surface area contributed by atoms with E-state index in [4.69, 9.17) is 16.3 Å². The molecule has 0 aliphatic carbocycles. The largest absolute Gasteiger partial charge is 0.507 e. The van der Waals surface area contributed by atoms with Crippen LogP contribution in [0.25, 0.3) is 0 Å². The summed E-state index contributed by atoms with van der Waals surface area (Å²) >= 11 is 5.89. The van der Waals surface area contributed by atoms with Crippen LogP contribution in [0.1, 0.15) is 21.5 Å². The number of hydrogen-bond acceptors (Lipinski definition) is 3. The predicted octanol–water partition coefficient (Wildman–Crippen LogP) is 4.60. The van der Waals surface area contributed by atoms with E-state index in [1.54, 1.807) is 0 Å². The second-order valence-electron chi connectivity index (χ2n) is 6.05. The minimum atomic E-state index is -0.363. The minimum absolute atomic E-state index is 0.0940. The van der Waals surface area contributed by atoms with Crippen LogP contribution in [0.4, 0.5) is 0 Å². The van der Waals surface area contributed by atoms with E-state index in [9.17, 15) is 9.90 Å². The van der Waals surface area contributed by atoms with E-state index in [1.165, 1.54) is 18.2 Å². The van der Waals surface area contributed by atoms with E-state index in [0.717, 1.165) is 16.9 Å². The Balaban J connectivity index is 1.58. The predicted molar refractivity (Wildman–Crippen MR) is 106 cm³/mol. The van der Waals surface area contributed by atoms with Crippen molar-refractivity contribution in [3.05, 3.63) is 94.5 Å². The number of amides is 1. The van der Waals surface area contributed by atoms with Gasteiger partial charge >= 0.3 is 0 Å². The second-order valence-corrected chi connectivity index (χ2v) is 6.49. The van der Waals surface area contributed by atoms with Gasteiger partial charge < -0.3 is 15.2 Å². The summed E-state index contributed by atoms with van der Waals surface area (Å²) < 4.78 is 5.93. The Morgan fingerprint density at radius 1 is 1.00 bits per heavy atom. The van der Waals surface area contributed by atoms with Crippen LogP contribution in [0.2, 0.25) is 5.02 Å². The molecule has 1 amide bonds. The second kappa shape index (κ2) is 9.10. The van der Waals surface area contributed by atoms with Crippen LogP contribution in [0.3, 0.4) is 0 Å². The smallest absolute Gasteiger partial charge is 0.255 e. The number of rotatable bonds is 7. The van der Waals surface area contributed by atoms with E-state index in [2.05, 4.69) is 5.32 Å². The molecule has 0 aromatic heterocycles. The van der Waals surface area contributed by atoms with Crippen molar-refractivity contribution in [3.63, 3.8) is 0 Å². The molecule has 0 aliphatic heterocycles. The SMILES string of the molecule is O=C(NCCc1ccccc1OCc1ccccc1)c1cc(Cl)ccc1O. The summed E-state index contributed by atoms with van der Waals surface area (Å²) in [5.74, 6) is 0.336. The van der Waals surface area contributed by atoms with Gasteiger partial charge in [-0.2, -0.15) is 0 Å². The maximum atomic E-state index is 12.2. The van der Waals surface area contributed by atoms with Gasteiger partial charge in [0.2, 0.25) is 0 Å². The zero-order valence-corrected chi connectivity index (χ0v) is 15.4. The third-order valence-electron chi connectivity index (χ3n) is 4.09. The van der Waals surface area contributed by atoms with Crippen LogP contribution in [-0.2, 0) is 13.0 Å². The summed E-state index contributed by atoms with van der Waals surface area (Å²) in [6, 6.07) is 22.1. The molecule has 27 heavy (non-hydrogen) atoms. The quantitative estimate of drug-likeness (QED) is 0.629. The van der Waals surface area contributed by atoms with Crippen molar-refractivity contribution in [1.29, 1.82) is 0 Å². The molecule has 138 valence electrons. The van der Waals surface area contributed by atoms with Crippen molar-refractivity contribution in [1.82, 2.24) is 5.32 Å². The number of para-hydroxylation sites is 1. The number of halogens is 1. The zero-order valence-electron chi connectivity index (χ0n) is 14.7. The lowest BCUT2D eigenvalue weighted by molar-refractivity contribution is 0.0951. The Labute approximate surface area is 163 Å². The van der Waals surface area contributed by atoms with Crippen LogP contribution in [0.5, 0.6) is 11.5 Å². The molecule has 0 saturated carbocycles. The number of phenolic OH excluding ortho intramolecular Hbond substituents is 1. The van der Waals surface area contributed by atoms with E-state index < -0.39 is 0 Å². The van der Waals surface area contributed by atoms with Crippen LogP contribution in [0, 0.1) is 0 Å². The van der Waals surface area contributed by atoms with E-state index >= 15 is 0 Å². The summed E-state index contributed by atoms with van der Waals surface area (Å²) in [6.45, 7) is 0.900. The molecule has 3 aromatic carbocycles.